The minimum atomic E-state index is -3.26. The summed E-state index contributed by atoms with van der Waals surface area (Å²) in [6.45, 7) is -0.838. The Morgan fingerprint density at radius 1 is 1.38 bits per heavy atom. The van der Waals surface area contributed by atoms with E-state index in [9.17, 15) is 17.9 Å². The van der Waals surface area contributed by atoms with E-state index < -0.39 is 28.7 Å². The largest absolute Gasteiger partial charge is 0.387 e. The molecule has 0 aliphatic heterocycles. The van der Waals surface area contributed by atoms with E-state index in [4.69, 9.17) is 5.73 Å². The van der Waals surface area contributed by atoms with Crippen LogP contribution < -0.4 is 5.73 Å². The van der Waals surface area contributed by atoms with Crippen molar-refractivity contribution in [2.24, 2.45) is 5.73 Å². The average molecular weight is 249 g/mol. The van der Waals surface area contributed by atoms with Crippen molar-refractivity contribution in [1.29, 1.82) is 0 Å². The fourth-order valence-electron chi connectivity index (χ4n) is 1.24. The van der Waals surface area contributed by atoms with Crippen molar-refractivity contribution in [2.75, 3.05) is 12.9 Å². The average Bonchev–Trinajstić information content (AvgIpc) is 2.26. The highest BCUT2D eigenvalue weighted by Gasteiger charge is 2.17. The molecule has 1 aromatic carbocycles. The Hall–Kier alpha value is -0.980. The number of benzene rings is 1. The quantitative estimate of drug-likeness (QED) is 0.810. The van der Waals surface area contributed by atoms with Crippen molar-refractivity contribution in [3.05, 3.63) is 29.8 Å². The number of alkyl halides is 1. The maximum atomic E-state index is 12.2. The molecule has 90 valence electrons. The van der Waals surface area contributed by atoms with Crippen LogP contribution in [0.3, 0.4) is 0 Å². The van der Waals surface area contributed by atoms with E-state index in [1.165, 1.54) is 24.3 Å². The number of hydrogen-bond acceptors (Lipinski definition) is 4. The Morgan fingerprint density at radius 2 is 1.88 bits per heavy atom. The molecule has 3 N–H and O–H groups in total. The minimum absolute atomic E-state index is 0.150. The number of sulfone groups is 1. The van der Waals surface area contributed by atoms with Crippen LogP contribution >= 0.6 is 0 Å². The van der Waals surface area contributed by atoms with E-state index >= 15 is 0 Å². The summed E-state index contributed by atoms with van der Waals surface area (Å²) < 4.78 is 34.5. The molecule has 1 aromatic rings. The van der Waals surface area contributed by atoms with Crippen LogP contribution in [-0.2, 0) is 9.84 Å². The van der Waals surface area contributed by atoms with Gasteiger partial charge in [0.05, 0.1) is 17.0 Å². The third-order valence-corrected chi connectivity index (χ3v) is 3.36. The van der Waals surface area contributed by atoms with Crippen molar-refractivity contribution in [3.8, 4) is 0 Å². The third-order valence-electron chi connectivity index (χ3n) is 2.23. The number of aliphatic hydroxyl groups is 1. The summed E-state index contributed by atoms with van der Waals surface area (Å²) in [5.74, 6) is 0. The highest BCUT2D eigenvalue weighted by Crippen LogP contribution is 2.18. The molecule has 0 aromatic heterocycles. The fraction of sp³-hybridized carbons (Fsp3) is 0.400. The number of aliphatic hydroxyl groups excluding tert-OH is 1. The van der Waals surface area contributed by atoms with Crippen LogP contribution in [0.1, 0.15) is 11.7 Å². The lowest BCUT2D eigenvalue weighted by Crippen LogP contribution is -2.30. The maximum Gasteiger partial charge on any atom is 0.175 e. The van der Waals surface area contributed by atoms with Gasteiger partial charge in [0.2, 0.25) is 0 Å². The lowest BCUT2D eigenvalue weighted by atomic mass is 10.0. The van der Waals surface area contributed by atoms with Gasteiger partial charge in [-0.25, -0.2) is 12.8 Å². The zero-order valence-corrected chi connectivity index (χ0v) is 9.61. The second-order valence-corrected chi connectivity index (χ2v) is 5.62. The van der Waals surface area contributed by atoms with Gasteiger partial charge in [-0.3, -0.25) is 0 Å². The zero-order chi connectivity index (χ0) is 12.3. The van der Waals surface area contributed by atoms with Gasteiger partial charge in [0.25, 0.3) is 0 Å². The molecule has 1 rings (SSSR count). The number of nitrogens with two attached hydrogens (primary N) is 1. The van der Waals surface area contributed by atoms with Gasteiger partial charge in [0, 0.05) is 6.26 Å². The zero-order valence-electron chi connectivity index (χ0n) is 8.80. The van der Waals surface area contributed by atoms with Crippen molar-refractivity contribution < 1.29 is 17.9 Å². The Balaban J connectivity index is 2.96. The fourth-order valence-corrected chi connectivity index (χ4v) is 1.87. The minimum Gasteiger partial charge on any atom is -0.387 e. The van der Waals surface area contributed by atoms with Crippen LogP contribution in [0.5, 0.6) is 0 Å². The van der Waals surface area contributed by atoms with Crippen LogP contribution in [0.4, 0.5) is 4.39 Å². The summed E-state index contributed by atoms with van der Waals surface area (Å²) in [4.78, 5) is 0.150. The van der Waals surface area contributed by atoms with Gasteiger partial charge in [-0.15, -0.1) is 0 Å². The Bertz CT molecular complexity index is 444. The van der Waals surface area contributed by atoms with Crippen molar-refractivity contribution in [2.45, 2.75) is 17.0 Å². The predicted molar refractivity (Wildman–Crippen MR) is 58.5 cm³/mol. The second kappa shape index (κ2) is 4.90. The molecule has 0 fully saturated rings. The second-order valence-electron chi connectivity index (χ2n) is 3.60. The highest BCUT2D eigenvalue weighted by atomic mass is 32.2. The van der Waals surface area contributed by atoms with E-state index in [0.717, 1.165) is 6.26 Å². The topological polar surface area (TPSA) is 80.4 Å². The Kier molecular flexibility index (Phi) is 4.01. The normalized spacial score (nSPS) is 15.8. The summed E-state index contributed by atoms with van der Waals surface area (Å²) in [5, 5.41) is 9.57. The standard InChI is InChI=1S/C10H14FNO3S/c1-16(14,15)8-4-2-7(3-5-8)10(13)9(12)6-11/h2-5,9-10,13H,6,12H2,1H3/t9-,10-/m1/s1/i1+2. The molecule has 0 heterocycles. The van der Waals surface area contributed by atoms with Crippen molar-refractivity contribution in [1.82, 2.24) is 0 Å². The van der Waals surface area contributed by atoms with Gasteiger partial charge in [0.1, 0.15) is 6.67 Å². The monoisotopic (exact) mass is 249 g/mol. The molecule has 0 spiro atoms. The van der Waals surface area contributed by atoms with Crippen LogP contribution in [0, 0.1) is 0 Å². The molecule has 2 atom stereocenters. The molecular weight excluding hydrogens is 235 g/mol. The SMILES string of the molecule is [14CH3]S(=O)(=O)c1ccc([C@@H](O)[C@H](N)CF)cc1. The maximum absolute atomic E-state index is 12.2. The molecule has 0 bridgehead atoms. The summed E-state index contributed by atoms with van der Waals surface area (Å²) >= 11 is 0. The Morgan fingerprint density at radius 3 is 2.25 bits per heavy atom. The molecule has 0 saturated heterocycles. The molecule has 0 amide bonds. The van der Waals surface area contributed by atoms with Crippen molar-refractivity contribution >= 4 is 9.84 Å². The summed E-state index contributed by atoms with van der Waals surface area (Å²) in [7, 11) is -3.26. The van der Waals surface area contributed by atoms with E-state index in [0.29, 0.717) is 5.56 Å². The van der Waals surface area contributed by atoms with E-state index in [-0.39, 0.29) is 4.90 Å². The first-order valence-corrected chi connectivity index (χ1v) is 6.55. The molecule has 0 radical (unpaired) electrons. The van der Waals surface area contributed by atoms with Crippen LogP contribution in [0.25, 0.3) is 0 Å². The lowest BCUT2D eigenvalue weighted by molar-refractivity contribution is 0.132. The molecule has 4 nitrogen and oxygen atoms in total. The summed E-state index contributed by atoms with van der Waals surface area (Å²) in [6.07, 6.45) is -0.0373. The molecule has 6 heteroatoms. The molecule has 0 saturated carbocycles. The van der Waals surface area contributed by atoms with Gasteiger partial charge in [-0.2, -0.15) is 0 Å². The lowest BCUT2D eigenvalue weighted by Gasteiger charge is -2.16. The smallest absolute Gasteiger partial charge is 0.175 e. The van der Waals surface area contributed by atoms with Gasteiger partial charge in [-0.05, 0) is 17.7 Å². The van der Waals surface area contributed by atoms with Crippen molar-refractivity contribution in [3.63, 3.8) is 0 Å². The van der Waals surface area contributed by atoms with Gasteiger partial charge < -0.3 is 10.8 Å². The number of halogens is 1. The van der Waals surface area contributed by atoms with Crippen LogP contribution in [-0.4, -0.2) is 32.5 Å². The third kappa shape index (κ3) is 3.01. The molecule has 0 unspecified atom stereocenters. The predicted octanol–water partition coefficient (Wildman–Crippen LogP) is 0.420. The Labute approximate surface area is 93.8 Å². The van der Waals surface area contributed by atoms with Crippen LogP contribution in [0.2, 0.25) is 0 Å². The van der Waals surface area contributed by atoms with E-state index in [1.807, 2.05) is 0 Å². The van der Waals surface area contributed by atoms with E-state index in [1.54, 1.807) is 0 Å². The molecule has 0 aliphatic carbocycles. The highest BCUT2D eigenvalue weighted by molar-refractivity contribution is 7.90. The molecule has 16 heavy (non-hydrogen) atoms. The van der Waals surface area contributed by atoms with Gasteiger partial charge >= 0.3 is 0 Å². The first-order valence-electron chi connectivity index (χ1n) is 4.66. The summed E-state index contributed by atoms with van der Waals surface area (Å²) in [5.41, 5.74) is 5.73. The van der Waals surface area contributed by atoms with E-state index in [2.05, 4.69) is 0 Å². The molecular formula is C10H14FNO3S. The number of rotatable bonds is 4. The first kappa shape index (κ1) is 13.1. The van der Waals surface area contributed by atoms with Gasteiger partial charge in [-0.1, -0.05) is 12.1 Å². The first-order chi connectivity index (χ1) is 7.36. The van der Waals surface area contributed by atoms with Gasteiger partial charge in [0.15, 0.2) is 9.84 Å². The number of hydrogen-bond donors (Lipinski definition) is 2. The summed E-state index contributed by atoms with van der Waals surface area (Å²) in [6, 6.07) is 4.58. The van der Waals surface area contributed by atoms with Crippen LogP contribution in [0.15, 0.2) is 29.2 Å². The molecule has 0 aliphatic rings.